The van der Waals surface area contributed by atoms with Crippen LogP contribution in [0.2, 0.25) is 0 Å². The topological polar surface area (TPSA) is 92.9 Å². The van der Waals surface area contributed by atoms with E-state index in [-0.39, 0.29) is 18.3 Å². The average Bonchev–Trinajstić information content (AvgIpc) is 3.25. The molecule has 0 unspecified atom stereocenters. The Morgan fingerprint density at radius 2 is 1.93 bits per heavy atom. The smallest absolute Gasteiger partial charge is 0.307 e. The minimum Gasteiger partial charge on any atom is -0.484 e. The zero-order valence-electron chi connectivity index (χ0n) is 16.1. The van der Waals surface area contributed by atoms with Gasteiger partial charge in [-0.3, -0.25) is 9.59 Å². The molecule has 0 saturated carbocycles. The lowest BCUT2D eigenvalue weighted by Gasteiger charge is -2.09. The molecule has 7 nitrogen and oxygen atoms in total. The van der Waals surface area contributed by atoms with Gasteiger partial charge in [-0.1, -0.05) is 18.2 Å². The van der Waals surface area contributed by atoms with Crippen LogP contribution in [0.15, 0.2) is 70.4 Å². The van der Waals surface area contributed by atoms with Gasteiger partial charge in [-0.2, -0.15) is 5.10 Å². The van der Waals surface area contributed by atoms with Crippen LogP contribution in [-0.4, -0.2) is 24.6 Å². The van der Waals surface area contributed by atoms with Crippen molar-refractivity contribution in [2.45, 2.75) is 13.8 Å². The van der Waals surface area contributed by atoms with Crippen molar-refractivity contribution in [2.24, 2.45) is 5.10 Å². The first-order valence-electron chi connectivity index (χ1n) is 8.98. The number of anilines is 1. The molecular weight excluding hydrogens is 370 g/mol. The number of carbonyl (C=O) groups excluding carboxylic acids is 2. The van der Waals surface area contributed by atoms with Crippen LogP contribution < -0.4 is 15.5 Å². The molecule has 0 radical (unpaired) electrons. The normalized spacial score (nSPS) is 10.7. The highest BCUT2D eigenvalue weighted by molar-refractivity contribution is 5.93. The molecule has 0 aliphatic heterocycles. The van der Waals surface area contributed by atoms with E-state index in [4.69, 9.17) is 9.15 Å². The maximum absolute atomic E-state index is 12.1. The Kier molecular flexibility index (Phi) is 6.42. The number of hydrazone groups is 1. The molecule has 0 aliphatic carbocycles. The molecule has 29 heavy (non-hydrogen) atoms. The predicted molar refractivity (Wildman–Crippen MR) is 110 cm³/mol. The molecule has 0 bridgehead atoms. The molecule has 7 heteroatoms. The zero-order chi connectivity index (χ0) is 20.6. The maximum Gasteiger partial charge on any atom is 0.307 e. The fourth-order valence-electron chi connectivity index (χ4n) is 2.48. The van der Waals surface area contributed by atoms with Gasteiger partial charge >= 0.3 is 5.91 Å². The van der Waals surface area contributed by atoms with Gasteiger partial charge in [0.2, 0.25) is 0 Å². The number of furan rings is 1. The van der Waals surface area contributed by atoms with Gasteiger partial charge in [0.1, 0.15) is 5.75 Å². The third kappa shape index (κ3) is 5.80. The van der Waals surface area contributed by atoms with E-state index in [1.807, 2.05) is 32.0 Å². The quantitative estimate of drug-likeness (QED) is 0.475. The summed E-state index contributed by atoms with van der Waals surface area (Å²) in [6.45, 7) is 3.89. The predicted octanol–water partition coefficient (Wildman–Crippen LogP) is 3.68. The lowest BCUT2D eigenvalue weighted by molar-refractivity contribution is -0.118. The molecule has 148 valence electrons. The minimum absolute atomic E-state index is 0.122. The number of carbonyl (C=O) groups is 2. The second-order valence-electron chi connectivity index (χ2n) is 6.38. The van der Waals surface area contributed by atoms with E-state index >= 15 is 0 Å². The molecule has 0 fully saturated rings. The largest absolute Gasteiger partial charge is 0.484 e. The fourth-order valence-corrected chi connectivity index (χ4v) is 2.48. The Morgan fingerprint density at radius 3 is 2.69 bits per heavy atom. The highest BCUT2D eigenvalue weighted by Crippen LogP contribution is 2.15. The summed E-state index contributed by atoms with van der Waals surface area (Å²) >= 11 is 0. The van der Waals surface area contributed by atoms with E-state index < -0.39 is 5.91 Å². The number of benzene rings is 2. The van der Waals surface area contributed by atoms with Gasteiger partial charge < -0.3 is 14.5 Å². The number of aryl methyl sites for hydroxylation is 2. The summed E-state index contributed by atoms with van der Waals surface area (Å²) in [4.78, 5) is 23.8. The summed E-state index contributed by atoms with van der Waals surface area (Å²) in [5.74, 6) is -0.00438. The van der Waals surface area contributed by atoms with Crippen molar-refractivity contribution in [2.75, 3.05) is 11.9 Å². The van der Waals surface area contributed by atoms with E-state index in [0.29, 0.717) is 11.3 Å². The Hall–Kier alpha value is -3.87. The first-order chi connectivity index (χ1) is 14.0. The number of rotatable bonds is 7. The molecule has 1 aromatic heterocycles. The lowest BCUT2D eigenvalue weighted by atomic mass is 10.1. The standard InChI is InChI=1S/C22H21N3O4/c1-15-8-9-18(11-16(15)2)24-21(26)14-29-19-6-3-5-17(12-19)13-23-25-22(27)20-7-4-10-28-20/h3-13H,14H2,1-2H3,(H,24,26)(H,25,27)/b23-13+. The highest BCUT2D eigenvalue weighted by Gasteiger charge is 2.07. The van der Waals surface area contributed by atoms with E-state index in [9.17, 15) is 9.59 Å². The summed E-state index contributed by atoms with van der Waals surface area (Å²) in [7, 11) is 0. The third-order valence-electron chi connectivity index (χ3n) is 4.14. The van der Waals surface area contributed by atoms with E-state index in [2.05, 4.69) is 15.8 Å². The molecule has 0 aliphatic rings. The molecule has 3 aromatic rings. The molecule has 2 amide bonds. The van der Waals surface area contributed by atoms with Gasteiger partial charge in [-0.05, 0) is 66.9 Å². The van der Waals surface area contributed by atoms with Crippen LogP contribution in [0, 0.1) is 13.8 Å². The Balaban J connectivity index is 1.51. The number of hydrogen-bond donors (Lipinski definition) is 2. The molecule has 1 heterocycles. The average molecular weight is 391 g/mol. The SMILES string of the molecule is Cc1ccc(NC(=O)COc2cccc(/C=N/NC(=O)c3ccco3)c2)cc1C. The lowest BCUT2D eigenvalue weighted by Crippen LogP contribution is -2.20. The first-order valence-corrected chi connectivity index (χ1v) is 8.98. The molecule has 0 atom stereocenters. The Morgan fingerprint density at radius 1 is 1.07 bits per heavy atom. The third-order valence-corrected chi connectivity index (χ3v) is 4.14. The van der Waals surface area contributed by atoms with Gasteiger partial charge in [0, 0.05) is 5.69 Å². The molecule has 3 rings (SSSR count). The van der Waals surface area contributed by atoms with E-state index in [0.717, 1.165) is 16.8 Å². The van der Waals surface area contributed by atoms with Crippen LogP contribution in [0.3, 0.4) is 0 Å². The van der Waals surface area contributed by atoms with Gasteiger partial charge in [-0.15, -0.1) is 0 Å². The van der Waals surface area contributed by atoms with Crippen molar-refractivity contribution in [3.8, 4) is 5.75 Å². The van der Waals surface area contributed by atoms with E-state index in [1.54, 1.807) is 36.4 Å². The van der Waals surface area contributed by atoms with Gasteiger partial charge in [0.15, 0.2) is 12.4 Å². The zero-order valence-corrected chi connectivity index (χ0v) is 16.1. The number of ether oxygens (including phenoxy) is 1. The van der Waals surface area contributed by atoms with Crippen molar-refractivity contribution >= 4 is 23.7 Å². The summed E-state index contributed by atoms with van der Waals surface area (Å²) in [6, 6.07) is 15.9. The van der Waals surface area contributed by atoms with Crippen LogP contribution in [-0.2, 0) is 4.79 Å². The van der Waals surface area contributed by atoms with Crippen molar-refractivity contribution in [1.29, 1.82) is 0 Å². The van der Waals surface area contributed by atoms with Gasteiger partial charge in [0.25, 0.3) is 5.91 Å². The summed E-state index contributed by atoms with van der Waals surface area (Å²) in [5.41, 5.74) is 6.08. The van der Waals surface area contributed by atoms with Gasteiger partial charge in [-0.25, -0.2) is 5.43 Å². The summed E-state index contributed by atoms with van der Waals surface area (Å²) in [5, 5.41) is 6.69. The van der Waals surface area contributed by atoms with Crippen molar-refractivity contribution in [3.05, 3.63) is 83.3 Å². The maximum atomic E-state index is 12.1. The molecule has 0 saturated heterocycles. The van der Waals surface area contributed by atoms with Crippen molar-refractivity contribution in [3.63, 3.8) is 0 Å². The van der Waals surface area contributed by atoms with Gasteiger partial charge in [0.05, 0.1) is 12.5 Å². The number of nitrogens with one attached hydrogen (secondary N) is 2. The summed E-state index contributed by atoms with van der Waals surface area (Å²) < 4.78 is 10.5. The second-order valence-corrected chi connectivity index (χ2v) is 6.38. The number of nitrogens with zero attached hydrogens (tertiary/aromatic N) is 1. The first kappa shape index (κ1) is 19.9. The van der Waals surface area contributed by atoms with Crippen LogP contribution in [0.4, 0.5) is 5.69 Å². The second kappa shape index (κ2) is 9.36. The Bertz CT molecular complexity index is 1030. The monoisotopic (exact) mass is 391 g/mol. The van der Waals surface area contributed by atoms with Crippen molar-refractivity contribution in [1.82, 2.24) is 5.43 Å². The van der Waals surface area contributed by atoms with E-state index in [1.165, 1.54) is 12.5 Å². The Labute approximate surface area is 168 Å². The molecule has 0 spiro atoms. The van der Waals surface area contributed by atoms with Crippen LogP contribution >= 0.6 is 0 Å². The molecular formula is C22H21N3O4. The van der Waals surface area contributed by atoms with Crippen LogP contribution in [0.25, 0.3) is 0 Å². The summed E-state index contributed by atoms with van der Waals surface area (Å²) in [6.07, 6.45) is 2.89. The van der Waals surface area contributed by atoms with Crippen LogP contribution in [0.5, 0.6) is 5.75 Å². The highest BCUT2D eigenvalue weighted by atomic mass is 16.5. The molecule has 2 N–H and O–H groups in total. The number of amides is 2. The van der Waals surface area contributed by atoms with Crippen molar-refractivity contribution < 1.29 is 18.7 Å². The minimum atomic E-state index is -0.443. The fraction of sp³-hybridized carbons (Fsp3) is 0.136. The molecule has 2 aromatic carbocycles. The number of hydrogen-bond acceptors (Lipinski definition) is 5. The van der Waals surface area contributed by atoms with Crippen LogP contribution in [0.1, 0.15) is 27.2 Å².